The van der Waals surface area contributed by atoms with Crippen LogP contribution in [0.25, 0.3) is 0 Å². The molecule has 5 rings (SSSR count). The van der Waals surface area contributed by atoms with Crippen LogP contribution in [0.3, 0.4) is 0 Å². The predicted molar refractivity (Wildman–Crippen MR) is 142 cm³/mol. The minimum atomic E-state index is -4.02. The van der Waals surface area contributed by atoms with Gasteiger partial charge in [0.05, 0.1) is 17.0 Å². The molecule has 3 aromatic carbocycles. The first-order valence-electron chi connectivity index (χ1n) is 12.6. The Hall–Kier alpha value is -3.33. The summed E-state index contributed by atoms with van der Waals surface area (Å²) in [7, 11) is -4.02. The maximum Gasteiger partial charge on any atom is 0.252 e. The van der Waals surface area contributed by atoms with Crippen molar-refractivity contribution in [3.05, 3.63) is 96.1 Å². The molecule has 0 aromatic heterocycles. The summed E-state index contributed by atoms with van der Waals surface area (Å²) in [5.74, 6) is -0.870. The lowest BCUT2D eigenvalue weighted by atomic mass is 10.0. The van der Waals surface area contributed by atoms with Gasteiger partial charge in [-0.25, -0.2) is 13.3 Å². The highest BCUT2D eigenvalue weighted by molar-refractivity contribution is 7.89. The summed E-state index contributed by atoms with van der Waals surface area (Å²) >= 11 is 0. The summed E-state index contributed by atoms with van der Waals surface area (Å²) in [5.41, 5.74) is 2.62. The second-order valence-corrected chi connectivity index (χ2v) is 11.6. The number of para-hydroxylation sites is 1. The first-order chi connectivity index (χ1) is 17.8. The molecule has 0 radical (unpaired) electrons. The van der Waals surface area contributed by atoms with Crippen molar-refractivity contribution in [1.29, 1.82) is 0 Å². The molecule has 1 atom stereocenters. The van der Waals surface area contributed by atoms with Gasteiger partial charge in [0.2, 0.25) is 15.9 Å². The summed E-state index contributed by atoms with van der Waals surface area (Å²) in [5, 5.41) is 0. The number of carbonyl (C=O) groups is 2. The van der Waals surface area contributed by atoms with Crippen LogP contribution in [0.2, 0.25) is 0 Å². The van der Waals surface area contributed by atoms with Gasteiger partial charge in [0.25, 0.3) is 5.91 Å². The van der Waals surface area contributed by atoms with Crippen LogP contribution in [-0.2, 0) is 26.2 Å². The number of hydrogen-bond acceptors (Lipinski definition) is 5. The van der Waals surface area contributed by atoms with Gasteiger partial charge in [-0.2, -0.15) is 4.31 Å². The second-order valence-electron chi connectivity index (χ2n) is 9.76. The number of rotatable bonds is 7. The van der Waals surface area contributed by atoms with Crippen LogP contribution in [0.1, 0.15) is 30.4 Å². The van der Waals surface area contributed by atoms with E-state index in [0.717, 1.165) is 17.0 Å². The average molecular weight is 518 g/mol. The van der Waals surface area contributed by atoms with Crippen LogP contribution in [0.5, 0.6) is 0 Å². The van der Waals surface area contributed by atoms with Gasteiger partial charge in [-0.1, -0.05) is 66.2 Å². The number of sulfonamides is 1. The molecular weight excluding hydrogens is 486 g/mol. The van der Waals surface area contributed by atoms with Crippen LogP contribution in [-0.4, -0.2) is 54.6 Å². The number of piperidine rings is 1. The fraction of sp³-hybridized carbons (Fsp3) is 0.310. The Morgan fingerprint density at radius 3 is 2.05 bits per heavy atom. The summed E-state index contributed by atoms with van der Waals surface area (Å²) in [6, 6.07) is 24.1. The summed E-state index contributed by atoms with van der Waals surface area (Å²) < 4.78 is 29.4. The van der Waals surface area contributed by atoms with Gasteiger partial charge in [0.1, 0.15) is 6.04 Å². The van der Waals surface area contributed by atoms with Crippen molar-refractivity contribution < 1.29 is 18.0 Å². The highest BCUT2D eigenvalue weighted by Crippen LogP contribution is 2.33. The highest BCUT2D eigenvalue weighted by atomic mass is 32.2. The zero-order chi connectivity index (χ0) is 26.0. The van der Waals surface area contributed by atoms with Crippen LogP contribution < -0.4 is 4.90 Å². The lowest BCUT2D eigenvalue weighted by Crippen LogP contribution is -2.53. The van der Waals surface area contributed by atoms with E-state index in [9.17, 15) is 18.0 Å². The number of amides is 2. The predicted octanol–water partition coefficient (Wildman–Crippen LogP) is 3.98. The van der Waals surface area contributed by atoms with E-state index in [2.05, 4.69) is 17.0 Å². The fourth-order valence-corrected chi connectivity index (χ4v) is 7.11. The molecule has 2 aliphatic heterocycles. The molecule has 3 aromatic rings. The molecule has 2 heterocycles. The van der Waals surface area contributed by atoms with Gasteiger partial charge in [-0.3, -0.25) is 14.5 Å². The number of anilines is 1. The maximum absolute atomic E-state index is 14.0. The summed E-state index contributed by atoms with van der Waals surface area (Å²) in [6.07, 6.45) is 1.01. The summed E-state index contributed by atoms with van der Waals surface area (Å²) in [4.78, 5) is 30.2. The first kappa shape index (κ1) is 25.3. The van der Waals surface area contributed by atoms with Gasteiger partial charge in [-0.15, -0.1) is 0 Å². The quantitative estimate of drug-likeness (QED) is 0.443. The molecule has 0 aliphatic carbocycles. The Morgan fingerprint density at radius 2 is 1.43 bits per heavy atom. The number of carbonyl (C=O) groups excluding carboxylic acids is 2. The van der Waals surface area contributed by atoms with E-state index in [-0.39, 0.29) is 23.3 Å². The van der Waals surface area contributed by atoms with E-state index >= 15 is 0 Å². The molecule has 0 bridgehead atoms. The molecule has 2 fully saturated rings. The van der Waals surface area contributed by atoms with Gasteiger partial charge < -0.3 is 0 Å². The Balaban J connectivity index is 1.43. The number of likely N-dealkylation sites (tertiary alicyclic amines) is 1. The smallest absolute Gasteiger partial charge is 0.252 e. The van der Waals surface area contributed by atoms with Crippen molar-refractivity contribution in [2.24, 2.45) is 0 Å². The van der Waals surface area contributed by atoms with E-state index in [0.29, 0.717) is 31.6 Å². The van der Waals surface area contributed by atoms with E-state index in [1.165, 1.54) is 9.87 Å². The van der Waals surface area contributed by atoms with E-state index in [1.807, 2.05) is 31.2 Å². The van der Waals surface area contributed by atoms with Gasteiger partial charge in [0.15, 0.2) is 0 Å². The Kier molecular flexibility index (Phi) is 7.24. The van der Waals surface area contributed by atoms with E-state index in [1.54, 1.807) is 48.5 Å². The Bertz CT molecular complexity index is 1350. The number of imide groups is 1. The lowest BCUT2D eigenvalue weighted by molar-refractivity contribution is -0.122. The highest BCUT2D eigenvalue weighted by Gasteiger charge is 2.49. The first-order valence-corrected chi connectivity index (χ1v) is 14.1. The maximum atomic E-state index is 14.0. The van der Waals surface area contributed by atoms with Crippen molar-refractivity contribution in [2.75, 3.05) is 18.0 Å². The fourth-order valence-electron chi connectivity index (χ4n) is 5.29. The van der Waals surface area contributed by atoms with Crippen LogP contribution in [0.4, 0.5) is 5.69 Å². The van der Waals surface area contributed by atoms with Crippen molar-refractivity contribution >= 4 is 27.5 Å². The minimum Gasteiger partial charge on any atom is -0.299 e. The number of nitrogens with zero attached hydrogens (tertiary/aromatic N) is 3. The molecule has 2 saturated heterocycles. The average Bonchev–Trinajstić information content (AvgIpc) is 3.19. The molecular formula is C29H31N3O4S. The normalized spacial score (nSPS) is 19.6. The standard InChI is InChI=1S/C29H31N3O4S/c1-22-12-14-26(15-13-22)37(35,36)32(25-16-18-30(19-17-25)21-23-8-4-2-5-9-23)27-20-28(33)31(29(27)34)24-10-6-3-7-11-24/h2-15,25,27H,16-21H2,1H3. The third-order valence-electron chi connectivity index (χ3n) is 7.21. The topological polar surface area (TPSA) is 78.0 Å². The molecule has 37 heavy (non-hydrogen) atoms. The Morgan fingerprint density at radius 1 is 0.838 bits per heavy atom. The van der Waals surface area contributed by atoms with Gasteiger partial charge >= 0.3 is 0 Å². The second kappa shape index (κ2) is 10.6. The molecule has 2 aliphatic rings. The molecule has 192 valence electrons. The SMILES string of the molecule is Cc1ccc(S(=O)(=O)N(C2CCN(Cc3ccccc3)CC2)C2CC(=O)N(c3ccccc3)C2=O)cc1. The van der Waals surface area contributed by atoms with E-state index in [4.69, 9.17) is 0 Å². The molecule has 8 heteroatoms. The van der Waals surface area contributed by atoms with Gasteiger partial charge in [0, 0.05) is 25.7 Å². The summed E-state index contributed by atoms with van der Waals surface area (Å²) in [6.45, 7) is 4.10. The number of benzene rings is 3. The molecule has 1 unspecified atom stereocenters. The Labute approximate surface area is 218 Å². The van der Waals surface area contributed by atoms with Crippen molar-refractivity contribution in [3.63, 3.8) is 0 Å². The molecule has 0 saturated carbocycles. The monoisotopic (exact) mass is 517 g/mol. The number of aryl methyl sites for hydroxylation is 1. The van der Waals surface area contributed by atoms with Crippen LogP contribution >= 0.6 is 0 Å². The van der Waals surface area contributed by atoms with Crippen molar-refractivity contribution in [2.45, 2.75) is 49.7 Å². The third-order valence-corrected chi connectivity index (χ3v) is 9.18. The zero-order valence-electron chi connectivity index (χ0n) is 20.9. The largest absolute Gasteiger partial charge is 0.299 e. The number of hydrogen-bond donors (Lipinski definition) is 0. The minimum absolute atomic E-state index is 0.142. The molecule has 0 N–H and O–H groups in total. The van der Waals surface area contributed by atoms with Crippen molar-refractivity contribution in [1.82, 2.24) is 9.21 Å². The van der Waals surface area contributed by atoms with Crippen LogP contribution in [0.15, 0.2) is 89.8 Å². The van der Waals surface area contributed by atoms with E-state index < -0.39 is 22.0 Å². The van der Waals surface area contributed by atoms with Crippen molar-refractivity contribution in [3.8, 4) is 0 Å². The molecule has 0 spiro atoms. The lowest BCUT2D eigenvalue weighted by Gasteiger charge is -2.39. The molecule has 7 nitrogen and oxygen atoms in total. The zero-order valence-corrected chi connectivity index (χ0v) is 21.7. The molecule has 2 amide bonds. The third kappa shape index (κ3) is 5.23. The van der Waals surface area contributed by atoms with Gasteiger partial charge in [-0.05, 0) is 49.6 Å². The van der Waals surface area contributed by atoms with Crippen LogP contribution in [0, 0.1) is 6.92 Å².